The first-order chi connectivity index (χ1) is 10.8. The summed E-state index contributed by atoms with van der Waals surface area (Å²) in [6, 6.07) is 13.6. The Labute approximate surface area is 133 Å². The predicted molar refractivity (Wildman–Crippen MR) is 82.2 cm³/mol. The van der Waals surface area contributed by atoms with Crippen LogP contribution in [0.4, 0.5) is 13.2 Å². The fourth-order valence-corrected chi connectivity index (χ4v) is 3.01. The van der Waals surface area contributed by atoms with Crippen LogP contribution in [0, 0.1) is 0 Å². The Bertz CT molecular complexity index is 726. The lowest BCUT2D eigenvalue weighted by molar-refractivity contribution is -0.137. The number of nitrogens with one attached hydrogen (secondary N) is 1. The second-order valence-corrected chi connectivity index (χ2v) is 7.00. The number of alkyl halides is 3. The SMILES string of the molecule is O=S(=O)(CCc1ccccc1)NCc1ccc(C(F)(F)F)cc1. The molecule has 0 unspecified atom stereocenters. The van der Waals surface area contributed by atoms with Crippen LogP contribution in [0.25, 0.3) is 0 Å². The highest BCUT2D eigenvalue weighted by atomic mass is 32.2. The summed E-state index contributed by atoms with van der Waals surface area (Å²) in [5.41, 5.74) is 0.627. The van der Waals surface area contributed by atoms with Gasteiger partial charge in [-0.25, -0.2) is 13.1 Å². The molecule has 0 aliphatic heterocycles. The van der Waals surface area contributed by atoms with Crippen LogP contribution in [0.1, 0.15) is 16.7 Å². The molecule has 0 heterocycles. The van der Waals surface area contributed by atoms with Crippen molar-refractivity contribution in [2.75, 3.05) is 5.75 Å². The Balaban J connectivity index is 1.89. The molecule has 1 N–H and O–H groups in total. The minimum absolute atomic E-state index is 0.0325. The molecule has 0 aromatic heterocycles. The van der Waals surface area contributed by atoms with Gasteiger partial charge in [0.15, 0.2) is 0 Å². The molecule has 2 aromatic carbocycles. The second kappa shape index (κ2) is 7.14. The van der Waals surface area contributed by atoms with Gasteiger partial charge in [-0.15, -0.1) is 0 Å². The van der Waals surface area contributed by atoms with Crippen LogP contribution in [0.15, 0.2) is 54.6 Å². The maximum atomic E-state index is 12.4. The lowest BCUT2D eigenvalue weighted by Gasteiger charge is -2.09. The van der Waals surface area contributed by atoms with Gasteiger partial charge in [0, 0.05) is 6.54 Å². The van der Waals surface area contributed by atoms with Gasteiger partial charge < -0.3 is 0 Å². The van der Waals surface area contributed by atoms with Gasteiger partial charge in [-0.1, -0.05) is 42.5 Å². The third-order valence-electron chi connectivity index (χ3n) is 3.28. The molecular formula is C16H16F3NO2S. The van der Waals surface area contributed by atoms with Crippen LogP contribution < -0.4 is 4.72 Å². The van der Waals surface area contributed by atoms with Crippen molar-refractivity contribution in [1.29, 1.82) is 0 Å². The fourth-order valence-electron chi connectivity index (χ4n) is 1.97. The van der Waals surface area contributed by atoms with Crippen molar-refractivity contribution in [3.8, 4) is 0 Å². The van der Waals surface area contributed by atoms with E-state index in [9.17, 15) is 21.6 Å². The Kier molecular flexibility index (Phi) is 5.43. The molecule has 7 heteroatoms. The van der Waals surface area contributed by atoms with E-state index in [0.29, 0.717) is 12.0 Å². The van der Waals surface area contributed by atoms with Crippen LogP contribution in [-0.2, 0) is 29.2 Å². The first-order valence-corrected chi connectivity index (χ1v) is 8.59. The fraction of sp³-hybridized carbons (Fsp3) is 0.250. The van der Waals surface area contributed by atoms with Gasteiger partial charge in [-0.3, -0.25) is 0 Å². The maximum absolute atomic E-state index is 12.4. The number of sulfonamides is 1. The van der Waals surface area contributed by atoms with Crippen molar-refractivity contribution >= 4 is 10.0 Å². The van der Waals surface area contributed by atoms with E-state index in [4.69, 9.17) is 0 Å². The first kappa shape index (κ1) is 17.5. The number of halogens is 3. The zero-order chi connectivity index (χ0) is 16.9. The summed E-state index contributed by atoms with van der Waals surface area (Å²) in [5, 5.41) is 0. The normalized spacial score (nSPS) is 12.3. The number of aryl methyl sites for hydroxylation is 1. The van der Waals surface area contributed by atoms with E-state index in [1.165, 1.54) is 12.1 Å². The lowest BCUT2D eigenvalue weighted by Crippen LogP contribution is -2.26. The van der Waals surface area contributed by atoms with Crippen molar-refractivity contribution in [3.63, 3.8) is 0 Å². The number of hydrogen-bond acceptors (Lipinski definition) is 2. The third-order valence-corrected chi connectivity index (χ3v) is 4.61. The Morgan fingerprint density at radius 1 is 0.870 bits per heavy atom. The molecule has 0 atom stereocenters. The van der Waals surface area contributed by atoms with Crippen LogP contribution in [0.2, 0.25) is 0 Å². The van der Waals surface area contributed by atoms with Crippen molar-refractivity contribution < 1.29 is 21.6 Å². The largest absolute Gasteiger partial charge is 0.416 e. The summed E-state index contributed by atoms with van der Waals surface area (Å²) in [6.07, 6.45) is -4.02. The minimum atomic E-state index is -4.40. The minimum Gasteiger partial charge on any atom is -0.212 e. The molecule has 0 saturated heterocycles. The van der Waals surface area contributed by atoms with Gasteiger partial charge in [0.05, 0.1) is 11.3 Å². The Hall–Kier alpha value is -1.86. The molecule has 0 fully saturated rings. The molecule has 124 valence electrons. The van der Waals surface area contributed by atoms with Crippen molar-refractivity contribution in [3.05, 3.63) is 71.3 Å². The molecule has 3 nitrogen and oxygen atoms in total. The molecule has 0 aliphatic carbocycles. The highest BCUT2D eigenvalue weighted by Gasteiger charge is 2.29. The standard InChI is InChI=1S/C16H16F3NO2S/c17-16(18,19)15-8-6-14(7-9-15)12-20-23(21,22)11-10-13-4-2-1-3-5-13/h1-9,20H,10-12H2. The summed E-state index contributed by atoms with van der Waals surface area (Å²) >= 11 is 0. The van der Waals surface area contributed by atoms with E-state index in [2.05, 4.69) is 4.72 Å². The van der Waals surface area contributed by atoms with Crippen LogP contribution in [0.5, 0.6) is 0 Å². The molecule has 0 bridgehead atoms. The molecule has 2 rings (SSSR count). The average molecular weight is 343 g/mol. The van der Waals surface area contributed by atoms with Gasteiger partial charge in [-0.05, 0) is 29.7 Å². The Morgan fingerprint density at radius 3 is 2.04 bits per heavy atom. The van der Waals surface area contributed by atoms with E-state index in [1.807, 2.05) is 30.3 Å². The summed E-state index contributed by atoms with van der Waals surface area (Å²) in [4.78, 5) is 0. The molecule has 0 amide bonds. The van der Waals surface area contributed by atoms with E-state index in [1.54, 1.807) is 0 Å². The van der Waals surface area contributed by atoms with Gasteiger partial charge in [0.1, 0.15) is 0 Å². The van der Waals surface area contributed by atoms with E-state index >= 15 is 0 Å². The monoisotopic (exact) mass is 343 g/mol. The smallest absolute Gasteiger partial charge is 0.212 e. The van der Waals surface area contributed by atoms with Gasteiger partial charge in [0.2, 0.25) is 10.0 Å². The quantitative estimate of drug-likeness (QED) is 0.874. The molecule has 0 spiro atoms. The first-order valence-electron chi connectivity index (χ1n) is 6.94. The van der Waals surface area contributed by atoms with E-state index < -0.39 is 21.8 Å². The highest BCUT2D eigenvalue weighted by molar-refractivity contribution is 7.89. The van der Waals surface area contributed by atoms with Crippen LogP contribution in [-0.4, -0.2) is 14.2 Å². The summed E-state index contributed by atoms with van der Waals surface area (Å²) in [5.74, 6) is -0.0718. The maximum Gasteiger partial charge on any atom is 0.416 e. The number of hydrogen-bond donors (Lipinski definition) is 1. The van der Waals surface area contributed by atoms with E-state index in [-0.39, 0.29) is 12.3 Å². The zero-order valence-corrected chi connectivity index (χ0v) is 13.0. The zero-order valence-electron chi connectivity index (χ0n) is 12.2. The summed E-state index contributed by atoms with van der Waals surface area (Å²) < 4.78 is 63.6. The predicted octanol–water partition coefficient (Wildman–Crippen LogP) is 3.37. The topological polar surface area (TPSA) is 46.2 Å². The lowest BCUT2D eigenvalue weighted by atomic mass is 10.1. The van der Waals surface area contributed by atoms with Crippen molar-refractivity contribution in [2.24, 2.45) is 0 Å². The number of benzene rings is 2. The highest BCUT2D eigenvalue weighted by Crippen LogP contribution is 2.29. The van der Waals surface area contributed by atoms with Crippen LogP contribution in [0.3, 0.4) is 0 Å². The number of rotatable bonds is 6. The van der Waals surface area contributed by atoms with Crippen molar-refractivity contribution in [2.45, 2.75) is 19.1 Å². The van der Waals surface area contributed by atoms with Crippen molar-refractivity contribution in [1.82, 2.24) is 4.72 Å². The molecule has 23 heavy (non-hydrogen) atoms. The molecule has 2 aromatic rings. The summed E-state index contributed by atoms with van der Waals surface area (Å²) in [7, 11) is -3.49. The molecule has 0 radical (unpaired) electrons. The third kappa shape index (κ3) is 5.69. The second-order valence-electron chi connectivity index (χ2n) is 5.07. The summed E-state index contributed by atoms with van der Waals surface area (Å²) in [6.45, 7) is -0.0325. The average Bonchev–Trinajstić information content (AvgIpc) is 2.52. The van der Waals surface area contributed by atoms with Gasteiger partial charge in [0.25, 0.3) is 0 Å². The molecular weight excluding hydrogens is 327 g/mol. The van der Waals surface area contributed by atoms with Gasteiger partial charge >= 0.3 is 6.18 Å². The van der Waals surface area contributed by atoms with Gasteiger partial charge in [-0.2, -0.15) is 13.2 Å². The van der Waals surface area contributed by atoms with E-state index in [0.717, 1.165) is 17.7 Å². The Morgan fingerprint density at radius 2 is 1.48 bits per heavy atom. The molecule has 0 aliphatic rings. The molecule has 0 saturated carbocycles. The van der Waals surface area contributed by atoms with Crippen LogP contribution >= 0.6 is 0 Å².